The number of nitrogens with zero attached hydrogens (tertiary/aromatic N) is 1. The van der Waals surface area contributed by atoms with E-state index in [-0.39, 0.29) is 11.8 Å². The summed E-state index contributed by atoms with van der Waals surface area (Å²) in [7, 11) is 0. The number of anilines is 1. The third-order valence-corrected chi connectivity index (χ3v) is 5.31. The second-order valence-electron chi connectivity index (χ2n) is 7.40. The summed E-state index contributed by atoms with van der Waals surface area (Å²) in [5.41, 5.74) is 2.83. The summed E-state index contributed by atoms with van der Waals surface area (Å²) in [5.74, 6) is -0.504. The molecule has 0 atom stereocenters. The number of halogens is 3. The van der Waals surface area contributed by atoms with Crippen LogP contribution in [-0.4, -0.2) is 16.4 Å². The Morgan fingerprint density at radius 2 is 1.87 bits per heavy atom. The van der Waals surface area contributed by atoms with Crippen molar-refractivity contribution in [3.8, 4) is 11.3 Å². The molecule has 2 aromatic heterocycles. The van der Waals surface area contributed by atoms with Crippen molar-refractivity contribution in [2.24, 2.45) is 0 Å². The van der Waals surface area contributed by atoms with Crippen LogP contribution in [0.1, 0.15) is 36.5 Å². The van der Waals surface area contributed by atoms with Gasteiger partial charge in [-0.3, -0.25) is 10.1 Å². The Kier molecular flexibility index (Phi) is 5.79. The zero-order valence-corrected chi connectivity index (χ0v) is 16.7. The number of fused-ring (bicyclic) bond motifs is 1. The zero-order chi connectivity index (χ0) is 22.0. The third kappa shape index (κ3) is 4.33. The minimum atomic E-state index is -0.594. The maximum atomic E-state index is 14.1. The maximum Gasteiger partial charge on any atom is 0.301 e. The molecule has 0 unspecified atom stereocenters. The lowest BCUT2D eigenvalue weighted by molar-refractivity contribution is -0.105. The first-order valence-corrected chi connectivity index (χ1v) is 9.85. The van der Waals surface area contributed by atoms with E-state index >= 15 is 0 Å². The van der Waals surface area contributed by atoms with E-state index in [9.17, 15) is 18.0 Å². The largest absolute Gasteiger partial charge is 0.429 e. The standard InChI is InChI=1S/C18H14F3N.C5H6N2O2/c19-12-6-4-11(5-7-12)17-16(10-2-1-3-10)14-8-13(20)9-15(21)18(14)22-17;1-4-2-6-5(9-4)7-3-8/h4-10,22H,1-3H2;2-3H,1H3,(H,6,7,8). The van der Waals surface area contributed by atoms with Gasteiger partial charge in [-0.15, -0.1) is 0 Å². The Bertz CT molecular complexity index is 1210. The summed E-state index contributed by atoms with van der Waals surface area (Å²) in [6.45, 7) is 1.75. The fourth-order valence-corrected chi connectivity index (χ4v) is 3.68. The lowest BCUT2D eigenvalue weighted by atomic mass is 9.78. The average Bonchev–Trinajstić information content (AvgIpc) is 3.26. The number of nitrogens with one attached hydrogen (secondary N) is 2. The number of aromatic nitrogens is 2. The summed E-state index contributed by atoms with van der Waals surface area (Å²) in [6.07, 6.45) is 5.20. The Morgan fingerprint density at radius 3 is 2.45 bits per heavy atom. The predicted molar refractivity (Wildman–Crippen MR) is 111 cm³/mol. The normalized spacial score (nSPS) is 13.4. The fraction of sp³-hybridized carbons (Fsp3) is 0.217. The van der Waals surface area contributed by atoms with Gasteiger partial charge in [-0.2, -0.15) is 0 Å². The Balaban J connectivity index is 0.000000217. The number of amides is 1. The van der Waals surface area contributed by atoms with E-state index in [1.807, 2.05) is 0 Å². The van der Waals surface area contributed by atoms with Crippen LogP contribution in [0.15, 0.2) is 47.0 Å². The van der Waals surface area contributed by atoms with Crippen LogP contribution in [0, 0.1) is 24.4 Å². The number of carbonyl (C=O) groups excluding carboxylic acids is 1. The monoisotopic (exact) mass is 427 g/mol. The van der Waals surface area contributed by atoms with Crippen LogP contribution in [0.4, 0.5) is 19.2 Å². The number of oxazole rings is 1. The van der Waals surface area contributed by atoms with Gasteiger partial charge in [0.1, 0.15) is 23.2 Å². The van der Waals surface area contributed by atoms with Crippen LogP contribution in [0.2, 0.25) is 0 Å². The number of hydrogen-bond donors (Lipinski definition) is 2. The second kappa shape index (κ2) is 8.67. The molecule has 160 valence electrons. The molecular formula is C23H20F3N3O2. The van der Waals surface area contributed by atoms with E-state index < -0.39 is 11.6 Å². The van der Waals surface area contributed by atoms with Gasteiger partial charge < -0.3 is 9.40 Å². The van der Waals surface area contributed by atoms with Gasteiger partial charge in [-0.1, -0.05) is 6.42 Å². The van der Waals surface area contributed by atoms with Crippen molar-refractivity contribution in [2.75, 3.05) is 5.32 Å². The van der Waals surface area contributed by atoms with Crippen LogP contribution in [0.25, 0.3) is 22.2 Å². The second-order valence-corrected chi connectivity index (χ2v) is 7.40. The first-order valence-electron chi connectivity index (χ1n) is 9.85. The molecule has 0 aliphatic heterocycles. The van der Waals surface area contributed by atoms with Crippen molar-refractivity contribution < 1.29 is 22.4 Å². The van der Waals surface area contributed by atoms with E-state index in [0.717, 1.165) is 42.1 Å². The molecule has 0 bridgehead atoms. The molecular weight excluding hydrogens is 407 g/mol. The van der Waals surface area contributed by atoms with Gasteiger partial charge in [0.25, 0.3) is 0 Å². The third-order valence-electron chi connectivity index (χ3n) is 5.31. The molecule has 31 heavy (non-hydrogen) atoms. The van der Waals surface area contributed by atoms with Crippen molar-refractivity contribution in [3.63, 3.8) is 0 Å². The van der Waals surface area contributed by atoms with Crippen LogP contribution in [-0.2, 0) is 4.79 Å². The van der Waals surface area contributed by atoms with E-state index in [4.69, 9.17) is 4.42 Å². The van der Waals surface area contributed by atoms with Crippen molar-refractivity contribution in [2.45, 2.75) is 32.1 Å². The highest BCUT2D eigenvalue weighted by molar-refractivity contribution is 5.92. The first kappa shape index (κ1) is 20.7. The van der Waals surface area contributed by atoms with Gasteiger partial charge in [-0.05, 0) is 67.1 Å². The lowest BCUT2D eigenvalue weighted by Crippen LogP contribution is -2.09. The molecule has 1 amide bonds. The van der Waals surface area contributed by atoms with Crippen molar-refractivity contribution >= 4 is 23.3 Å². The smallest absolute Gasteiger partial charge is 0.301 e. The molecule has 5 rings (SSSR count). The van der Waals surface area contributed by atoms with Gasteiger partial charge >= 0.3 is 6.01 Å². The fourth-order valence-electron chi connectivity index (χ4n) is 3.68. The number of aromatic amines is 1. The van der Waals surface area contributed by atoms with Gasteiger partial charge in [-0.25, -0.2) is 18.2 Å². The van der Waals surface area contributed by atoms with Crippen LogP contribution >= 0.6 is 0 Å². The van der Waals surface area contributed by atoms with Crippen LogP contribution < -0.4 is 5.32 Å². The molecule has 1 aliphatic carbocycles. The van der Waals surface area contributed by atoms with Gasteiger partial charge in [0.05, 0.1) is 17.4 Å². The molecule has 0 spiro atoms. The quantitative estimate of drug-likeness (QED) is 0.388. The SMILES string of the molecule is Cc1cnc(NC=O)o1.Fc1ccc(-c2[nH]c3c(F)cc(F)cc3c2C2CCC2)cc1. The van der Waals surface area contributed by atoms with Crippen molar-refractivity contribution in [3.05, 3.63) is 71.4 Å². The molecule has 2 N–H and O–H groups in total. The molecule has 4 aromatic rings. The van der Waals surface area contributed by atoms with Crippen molar-refractivity contribution in [1.82, 2.24) is 9.97 Å². The molecule has 0 saturated heterocycles. The van der Waals surface area contributed by atoms with Crippen LogP contribution in [0.3, 0.4) is 0 Å². The number of hydrogen-bond acceptors (Lipinski definition) is 3. The van der Waals surface area contributed by atoms with Gasteiger partial charge in [0.2, 0.25) is 6.41 Å². The van der Waals surface area contributed by atoms with Crippen molar-refractivity contribution in [1.29, 1.82) is 0 Å². The lowest BCUT2D eigenvalue weighted by Gasteiger charge is -2.26. The Morgan fingerprint density at radius 1 is 1.13 bits per heavy atom. The van der Waals surface area contributed by atoms with E-state index in [2.05, 4.69) is 15.3 Å². The minimum absolute atomic E-state index is 0.238. The molecule has 1 aliphatic rings. The van der Waals surface area contributed by atoms with E-state index in [0.29, 0.717) is 29.0 Å². The average molecular weight is 427 g/mol. The van der Waals surface area contributed by atoms with Crippen LogP contribution in [0.5, 0.6) is 0 Å². The topological polar surface area (TPSA) is 70.9 Å². The maximum absolute atomic E-state index is 14.1. The number of carbonyl (C=O) groups is 1. The first-order chi connectivity index (χ1) is 15.0. The highest BCUT2D eigenvalue weighted by atomic mass is 19.1. The number of benzene rings is 2. The molecule has 1 fully saturated rings. The summed E-state index contributed by atoms with van der Waals surface area (Å²) in [4.78, 5) is 16.5. The predicted octanol–water partition coefficient (Wildman–Crippen LogP) is 6.07. The molecule has 5 nitrogen and oxygen atoms in total. The Labute approximate surface area is 176 Å². The minimum Gasteiger partial charge on any atom is -0.429 e. The molecule has 2 aromatic carbocycles. The highest BCUT2D eigenvalue weighted by Crippen LogP contribution is 2.45. The Hall–Kier alpha value is -3.55. The summed E-state index contributed by atoms with van der Waals surface area (Å²) >= 11 is 0. The zero-order valence-electron chi connectivity index (χ0n) is 16.7. The van der Waals surface area contributed by atoms with E-state index in [1.54, 1.807) is 19.1 Å². The van der Waals surface area contributed by atoms with Gasteiger partial charge in [0.15, 0.2) is 0 Å². The summed E-state index contributed by atoms with van der Waals surface area (Å²) in [5, 5.41) is 2.87. The van der Waals surface area contributed by atoms with E-state index in [1.165, 1.54) is 24.4 Å². The molecule has 0 radical (unpaired) electrons. The molecule has 1 saturated carbocycles. The highest BCUT2D eigenvalue weighted by Gasteiger charge is 2.27. The summed E-state index contributed by atoms with van der Waals surface area (Å²) in [6, 6.07) is 8.59. The molecule has 2 heterocycles. The number of rotatable bonds is 4. The number of H-pyrrole nitrogens is 1. The number of aryl methyl sites for hydroxylation is 1. The molecule has 8 heteroatoms. The summed E-state index contributed by atoms with van der Waals surface area (Å²) < 4.78 is 45.7. The van der Waals surface area contributed by atoms with Gasteiger partial charge in [0, 0.05) is 11.5 Å².